The molecule has 0 spiro atoms. The first-order valence-electron chi connectivity index (χ1n) is 18.2. The number of hydrogen-bond acceptors (Lipinski definition) is 8. The van der Waals surface area contributed by atoms with Gasteiger partial charge in [-0.25, -0.2) is 29.9 Å². The van der Waals surface area contributed by atoms with Crippen LogP contribution in [-0.2, 0) is 0 Å². The summed E-state index contributed by atoms with van der Waals surface area (Å²) in [6.07, 6.45) is 0. The largest absolute Gasteiger partial charge is 0.455 e. The Hall–Kier alpha value is -7.29. The van der Waals surface area contributed by atoms with Gasteiger partial charge in [-0.05, 0) is 53.6 Å². The van der Waals surface area contributed by atoms with Crippen molar-refractivity contribution >= 4 is 11.8 Å². The van der Waals surface area contributed by atoms with E-state index in [2.05, 4.69) is 42.5 Å². The van der Waals surface area contributed by atoms with Gasteiger partial charge in [0.1, 0.15) is 11.5 Å². The van der Waals surface area contributed by atoms with Gasteiger partial charge in [-0.1, -0.05) is 151 Å². The van der Waals surface area contributed by atoms with E-state index in [-0.39, 0.29) is 0 Å². The van der Waals surface area contributed by atoms with Gasteiger partial charge in [0, 0.05) is 33.4 Å². The van der Waals surface area contributed by atoms with E-state index < -0.39 is 0 Å². The van der Waals surface area contributed by atoms with Gasteiger partial charge < -0.3 is 4.74 Å². The molecule has 0 unspecified atom stereocenters. The lowest BCUT2D eigenvalue weighted by Gasteiger charge is -2.20. The van der Waals surface area contributed by atoms with Crippen LogP contribution in [0, 0.1) is 0 Å². The highest BCUT2D eigenvalue weighted by Crippen LogP contribution is 2.48. The second kappa shape index (κ2) is 14.5. The zero-order valence-corrected chi connectivity index (χ0v) is 30.6. The molecule has 2 aromatic heterocycles. The molecule has 0 atom stereocenters. The van der Waals surface area contributed by atoms with Gasteiger partial charge in [0.2, 0.25) is 0 Å². The maximum absolute atomic E-state index is 6.44. The molecule has 0 amide bonds. The first-order chi connectivity index (χ1) is 27.7. The predicted molar refractivity (Wildman–Crippen MR) is 222 cm³/mol. The minimum atomic E-state index is 0.528. The van der Waals surface area contributed by atoms with Crippen LogP contribution in [0.1, 0.15) is 0 Å². The second-order valence-electron chi connectivity index (χ2n) is 13.2. The van der Waals surface area contributed by atoms with Crippen LogP contribution in [0.3, 0.4) is 0 Å². The van der Waals surface area contributed by atoms with Crippen LogP contribution in [0.5, 0.6) is 11.5 Å². The Morgan fingerprint density at radius 2 is 0.625 bits per heavy atom. The van der Waals surface area contributed by atoms with Gasteiger partial charge in [-0.2, -0.15) is 0 Å². The van der Waals surface area contributed by atoms with Gasteiger partial charge in [0.25, 0.3) is 0 Å². The standard InChI is InChI=1S/C48H30N6OS/c1-5-15-31(16-6-1)43-49-44(32-17-7-2-8-18-32)52-47(51-43)37-27-36(35-25-26-42-40(30-35)55-39-23-13-14-24-41(39)56-42)28-38(29-37)48-53-45(33-19-9-3-10-20-33)50-46(54-48)34-21-11-4-12-22-34/h1-30H. The van der Waals surface area contributed by atoms with Crippen molar-refractivity contribution in [3.05, 3.63) is 182 Å². The van der Waals surface area contributed by atoms with Crippen molar-refractivity contribution in [3.63, 3.8) is 0 Å². The zero-order chi connectivity index (χ0) is 37.3. The third-order valence-corrected chi connectivity index (χ3v) is 10.5. The van der Waals surface area contributed by atoms with E-state index >= 15 is 0 Å². The molecule has 8 heteroatoms. The number of benzene rings is 7. The monoisotopic (exact) mass is 738 g/mol. The third kappa shape index (κ3) is 6.70. The Bertz CT molecular complexity index is 2600. The van der Waals surface area contributed by atoms with Crippen molar-refractivity contribution in [1.29, 1.82) is 0 Å². The summed E-state index contributed by atoms with van der Waals surface area (Å²) in [6.45, 7) is 0. The van der Waals surface area contributed by atoms with Crippen molar-refractivity contribution in [2.75, 3.05) is 0 Å². The van der Waals surface area contributed by atoms with E-state index in [1.165, 1.54) is 0 Å². The highest BCUT2D eigenvalue weighted by molar-refractivity contribution is 7.99. The summed E-state index contributed by atoms with van der Waals surface area (Å²) in [4.78, 5) is 32.4. The Balaban J connectivity index is 1.19. The number of ether oxygens (including phenoxy) is 1. The quantitative estimate of drug-likeness (QED) is 0.160. The molecule has 264 valence electrons. The Kier molecular flexibility index (Phi) is 8.62. The molecule has 1 aliphatic heterocycles. The molecule has 0 saturated carbocycles. The maximum atomic E-state index is 6.44. The summed E-state index contributed by atoms with van der Waals surface area (Å²) in [5, 5.41) is 0. The van der Waals surface area contributed by atoms with Gasteiger partial charge >= 0.3 is 0 Å². The van der Waals surface area contributed by atoms with E-state index in [1.807, 2.05) is 140 Å². The first kappa shape index (κ1) is 33.3. The second-order valence-corrected chi connectivity index (χ2v) is 14.3. The summed E-state index contributed by atoms with van der Waals surface area (Å²) >= 11 is 1.71. The molecule has 0 N–H and O–H groups in total. The lowest BCUT2D eigenvalue weighted by Crippen LogP contribution is -2.02. The van der Waals surface area contributed by atoms with Crippen LogP contribution in [0.15, 0.2) is 192 Å². The predicted octanol–water partition coefficient (Wildman–Crippen LogP) is 12.0. The molecule has 3 heterocycles. The molecule has 0 radical (unpaired) electrons. The van der Waals surface area contributed by atoms with Crippen LogP contribution < -0.4 is 4.74 Å². The Morgan fingerprint density at radius 1 is 0.268 bits per heavy atom. The normalized spacial score (nSPS) is 11.6. The number of para-hydroxylation sites is 1. The van der Waals surface area contributed by atoms with E-state index in [1.54, 1.807) is 11.8 Å². The minimum absolute atomic E-state index is 0.528. The van der Waals surface area contributed by atoms with Crippen LogP contribution in [0.2, 0.25) is 0 Å². The number of rotatable bonds is 7. The van der Waals surface area contributed by atoms with Gasteiger partial charge in [-0.3, -0.25) is 0 Å². The van der Waals surface area contributed by atoms with E-state index in [4.69, 9.17) is 34.6 Å². The summed E-state index contributed by atoms with van der Waals surface area (Å²) < 4.78 is 6.44. The summed E-state index contributed by atoms with van der Waals surface area (Å²) in [5.41, 5.74) is 7.05. The molecule has 0 aliphatic carbocycles. The summed E-state index contributed by atoms with van der Waals surface area (Å²) in [6, 6.07) is 60.7. The van der Waals surface area contributed by atoms with Crippen LogP contribution in [-0.4, -0.2) is 29.9 Å². The van der Waals surface area contributed by atoms with Crippen molar-refractivity contribution in [2.45, 2.75) is 9.79 Å². The van der Waals surface area contributed by atoms with E-state index in [0.717, 1.165) is 65.8 Å². The van der Waals surface area contributed by atoms with Crippen LogP contribution in [0.25, 0.3) is 79.5 Å². The zero-order valence-electron chi connectivity index (χ0n) is 29.8. The molecule has 56 heavy (non-hydrogen) atoms. The molecule has 1 aliphatic rings. The molecular formula is C48H30N6OS. The highest BCUT2D eigenvalue weighted by atomic mass is 32.2. The van der Waals surface area contributed by atoms with Crippen molar-refractivity contribution < 1.29 is 4.74 Å². The molecule has 9 aromatic rings. The lowest BCUT2D eigenvalue weighted by atomic mass is 9.98. The summed E-state index contributed by atoms with van der Waals surface area (Å²) in [7, 11) is 0. The Labute approximate surface area is 327 Å². The van der Waals surface area contributed by atoms with Crippen LogP contribution >= 0.6 is 11.8 Å². The number of fused-ring (bicyclic) bond motifs is 2. The summed E-state index contributed by atoms with van der Waals surface area (Å²) in [5.74, 6) is 5.02. The molecule has 0 fully saturated rings. The Morgan fingerprint density at radius 3 is 1.07 bits per heavy atom. The highest BCUT2D eigenvalue weighted by Gasteiger charge is 2.21. The van der Waals surface area contributed by atoms with E-state index in [0.29, 0.717) is 34.9 Å². The average molecular weight is 739 g/mol. The topological polar surface area (TPSA) is 86.6 Å². The van der Waals surface area contributed by atoms with Gasteiger partial charge in [0.15, 0.2) is 34.9 Å². The molecule has 0 bridgehead atoms. The lowest BCUT2D eigenvalue weighted by molar-refractivity contribution is 0.455. The first-order valence-corrected chi connectivity index (χ1v) is 19.0. The molecule has 7 nitrogen and oxygen atoms in total. The fourth-order valence-electron chi connectivity index (χ4n) is 6.64. The van der Waals surface area contributed by atoms with Crippen molar-refractivity contribution in [3.8, 4) is 91.0 Å². The third-order valence-electron chi connectivity index (χ3n) is 9.41. The molecule has 7 aromatic carbocycles. The maximum Gasteiger partial charge on any atom is 0.164 e. The number of aromatic nitrogens is 6. The van der Waals surface area contributed by atoms with Crippen molar-refractivity contribution in [2.24, 2.45) is 0 Å². The van der Waals surface area contributed by atoms with E-state index in [9.17, 15) is 0 Å². The average Bonchev–Trinajstić information content (AvgIpc) is 3.29. The number of nitrogens with zero attached hydrogens (tertiary/aromatic N) is 6. The van der Waals surface area contributed by atoms with Crippen LogP contribution in [0.4, 0.5) is 0 Å². The molecular weight excluding hydrogens is 709 g/mol. The molecule has 0 saturated heterocycles. The minimum Gasteiger partial charge on any atom is -0.455 e. The molecule has 10 rings (SSSR count). The van der Waals surface area contributed by atoms with Gasteiger partial charge in [0.05, 0.1) is 9.79 Å². The van der Waals surface area contributed by atoms with Gasteiger partial charge in [-0.15, -0.1) is 0 Å². The van der Waals surface area contributed by atoms with Crippen molar-refractivity contribution in [1.82, 2.24) is 29.9 Å². The fraction of sp³-hybridized carbons (Fsp3) is 0. The fourth-order valence-corrected chi connectivity index (χ4v) is 7.57. The number of hydrogen-bond donors (Lipinski definition) is 0. The smallest absolute Gasteiger partial charge is 0.164 e. The SMILES string of the molecule is c1ccc(-c2nc(-c3ccccc3)nc(-c3cc(-c4ccc5c(c4)Oc4ccccc4S5)cc(-c4nc(-c5ccccc5)nc(-c5ccccc5)n4)c3)n2)cc1.